The molecule has 2 fully saturated rings. The number of hydrogen-bond donors (Lipinski definition) is 1. The Bertz CT molecular complexity index is 909. The molecule has 128 valence electrons. The molecule has 7 nitrogen and oxygen atoms in total. The van der Waals surface area contributed by atoms with Crippen LogP contribution in [0.3, 0.4) is 0 Å². The van der Waals surface area contributed by atoms with Crippen LogP contribution in [0.5, 0.6) is 0 Å². The molecule has 0 aromatic carbocycles. The summed E-state index contributed by atoms with van der Waals surface area (Å²) in [5.41, 5.74) is 2.08. The van der Waals surface area contributed by atoms with E-state index in [0.29, 0.717) is 12.5 Å². The van der Waals surface area contributed by atoms with E-state index < -0.39 is 0 Å². The minimum absolute atomic E-state index is 0.0685. The van der Waals surface area contributed by atoms with Crippen molar-refractivity contribution in [1.82, 2.24) is 24.2 Å². The number of hydrogen-bond acceptors (Lipinski definition) is 6. The molecule has 3 aromatic heterocycles. The number of nitrogens with one attached hydrogen (secondary N) is 1. The van der Waals surface area contributed by atoms with Crippen LogP contribution in [0.15, 0.2) is 30.0 Å². The van der Waals surface area contributed by atoms with E-state index in [1.165, 1.54) is 11.5 Å². The van der Waals surface area contributed by atoms with Crippen LogP contribution >= 0.6 is 11.5 Å². The van der Waals surface area contributed by atoms with Crippen molar-refractivity contribution < 1.29 is 4.79 Å². The number of amides is 1. The lowest BCUT2D eigenvalue weighted by Crippen LogP contribution is -2.32. The predicted octanol–water partition coefficient (Wildman–Crippen LogP) is 1.87. The summed E-state index contributed by atoms with van der Waals surface area (Å²) in [7, 11) is 0. The van der Waals surface area contributed by atoms with Gasteiger partial charge in [-0.2, -0.15) is 4.37 Å². The smallest absolute Gasteiger partial charge is 0.209 e. The van der Waals surface area contributed by atoms with Gasteiger partial charge in [-0.25, -0.2) is 9.97 Å². The van der Waals surface area contributed by atoms with Crippen molar-refractivity contribution in [3.05, 3.63) is 35.7 Å². The second-order valence-corrected chi connectivity index (χ2v) is 7.64. The van der Waals surface area contributed by atoms with E-state index in [1.54, 1.807) is 6.33 Å². The van der Waals surface area contributed by atoms with Crippen LogP contribution in [0.1, 0.15) is 18.0 Å². The Labute approximate surface area is 148 Å². The fourth-order valence-electron chi connectivity index (χ4n) is 4.14. The van der Waals surface area contributed by atoms with Crippen molar-refractivity contribution >= 4 is 34.8 Å². The van der Waals surface area contributed by atoms with E-state index in [1.807, 2.05) is 22.5 Å². The third-order valence-corrected chi connectivity index (χ3v) is 6.04. The highest BCUT2D eigenvalue weighted by Crippen LogP contribution is 2.60. The van der Waals surface area contributed by atoms with Crippen LogP contribution in [0.2, 0.25) is 0 Å². The molecule has 5 rings (SSSR count). The Hall–Kier alpha value is -2.48. The normalized spacial score (nSPS) is 26.2. The Kier molecular flexibility index (Phi) is 3.27. The summed E-state index contributed by atoms with van der Waals surface area (Å²) in [5, 5.41) is 3.06. The minimum Gasteiger partial charge on any atom is -0.354 e. The van der Waals surface area contributed by atoms with Gasteiger partial charge in [0.2, 0.25) is 6.41 Å². The number of carbonyl (C=O) groups is 1. The number of H-pyrrole nitrogens is 1. The van der Waals surface area contributed by atoms with Gasteiger partial charge < -0.3 is 14.8 Å². The first kappa shape index (κ1) is 14.8. The summed E-state index contributed by atoms with van der Waals surface area (Å²) < 4.78 is 4.53. The first-order valence-electron chi connectivity index (χ1n) is 8.42. The van der Waals surface area contributed by atoms with E-state index >= 15 is 0 Å². The molecule has 1 aliphatic carbocycles. The van der Waals surface area contributed by atoms with Crippen LogP contribution in [0.25, 0.3) is 11.0 Å². The van der Waals surface area contributed by atoms with Crippen molar-refractivity contribution in [3.63, 3.8) is 0 Å². The largest absolute Gasteiger partial charge is 0.354 e. The number of rotatable bonds is 3. The van der Waals surface area contributed by atoms with E-state index in [2.05, 4.69) is 30.3 Å². The van der Waals surface area contributed by atoms with Gasteiger partial charge in [0.05, 0.1) is 11.1 Å². The molecular weight excluding hydrogens is 336 g/mol. The summed E-state index contributed by atoms with van der Waals surface area (Å²) in [6.45, 7) is 3.17. The van der Waals surface area contributed by atoms with Gasteiger partial charge in [-0.05, 0) is 30.1 Å². The van der Waals surface area contributed by atoms with Crippen LogP contribution in [0, 0.1) is 5.41 Å². The topological polar surface area (TPSA) is 78.0 Å². The fourth-order valence-corrected chi connectivity index (χ4v) is 4.71. The second-order valence-electron chi connectivity index (χ2n) is 6.98. The van der Waals surface area contributed by atoms with Gasteiger partial charge in [-0.1, -0.05) is 0 Å². The Morgan fingerprint density at radius 2 is 2.24 bits per heavy atom. The first-order chi connectivity index (χ1) is 12.3. The second kappa shape index (κ2) is 5.52. The van der Waals surface area contributed by atoms with Gasteiger partial charge >= 0.3 is 0 Å². The summed E-state index contributed by atoms with van der Waals surface area (Å²) in [6.07, 6.45) is 5.55. The van der Waals surface area contributed by atoms with Gasteiger partial charge in [0.15, 0.2) is 0 Å². The molecule has 1 N–H and O–H groups in total. The van der Waals surface area contributed by atoms with Gasteiger partial charge in [0.25, 0.3) is 0 Å². The molecule has 1 spiro atoms. The van der Waals surface area contributed by atoms with Crippen LogP contribution in [-0.2, 0) is 4.79 Å². The SMILES string of the molecule is O=CN1CCN(c2ncnc3[nH]ccc23)CC2(CC2c2ccsn2)C1. The average molecular weight is 354 g/mol. The number of carbonyl (C=O) groups excluding carboxylic acids is 1. The van der Waals surface area contributed by atoms with Crippen LogP contribution in [-0.4, -0.2) is 56.8 Å². The lowest BCUT2D eigenvalue weighted by molar-refractivity contribution is -0.118. The number of anilines is 1. The number of aromatic nitrogens is 4. The molecule has 1 saturated heterocycles. The maximum Gasteiger partial charge on any atom is 0.209 e. The zero-order chi connectivity index (χ0) is 16.9. The predicted molar refractivity (Wildman–Crippen MR) is 95.6 cm³/mol. The molecule has 2 aliphatic rings. The zero-order valence-corrected chi connectivity index (χ0v) is 14.4. The van der Waals surface area contributed by atoms with Crippen LogP contribution < -0.4 is 4.90 Å². The highest BCUT2D eigenvalue weighted by atomic mass is 32.1. The van der Waals surface area contributed by atoms with Crippen molar-refractivity contribution in [2.45, 2.75) is 12.3 Å². The Morgan fingerprint density at radius 1 is 1.28 bits per heavy atom. The molecule has 3 aromatic rings. The maximum absolute atomic E-state index is 11.5. The maximum atomic E-state index is 11.5. The Balaban J connectivity index is 1.51. The Morgan fingerprint density at radius 3 is 3.08 bits per heavy atom. The minimum atomic E-state index is 0.0685. The van der Waals surface area contributed by atoms with Crippen LogP contribution in [0.4, 0.5) is 5.82 Å². The molecular formula is C17H18N6OS. The molecule has 4 heterocycles. The molecule has 1 saturated carbocycles. The van der Waals surface area contributed by atoms with Crippen molar-refractivity contribution in [1.29, 1.82) is 0 Å². The van der Waals surface area contributed by atoms with E-state index in [0.717, 1.165) is 55.0 Å². The van der Waals surface area contributed by atoms with Crippen molar-refractivity contribution in [3.8, 4) is 0 Å². The molecule has 0 radical (unpaired) electrons. The molecule has 8 heteroatoms. The molecule has 1 aliphatic heterocycles. The molecule has 1 amide bonds. The lowest BCUT2D eigenvalue weighted by Gasteiger charge is -2.25. The molecule has 2 atom stereocenters. The summed E-state index contributed by atoms with van der Waals surface area (Å²) in [5.74, 6) is 1.37. The molecule has 2 unspecified atom stereocenters. The van der Waals surface area contributed by atoms with Gasteiger partial charge in [-0.3, -0.25) is 4.79 Å². The number of nitrogens with zero attached hydrogens (tertiary/aromatic N) is 5. The summed E-state index contributed by atoms with van der Waals surface area (Å²) >= 11 is 1.50. The van der Waals surface area contributed by atoms with E-state index in [9.17, 15) is 4.79 Å². The van der Waals surface area contributed by atoms with Crippen molar-refractivity contribution in [2.75, 3.05) is 31.1 Å². The van der Waals surface area contributed by atoms with E-state index in [4.69, 9.17) is 0 Å². The van der Waals surface area contributed by atoms with Gasteiger partial charge in [0, 0.05) is 49.1 Å². The van der Waals surface area contributed by atoms with Crippen molar-refractivity contribution in [2.24, 2.45) is 5.41 Å². The monoisotopic (exact) mass is 354 g/mol. The third-order valence-electron chi connectivity index (χ3n) is 5.47. The average Bonchev–Trinajstić information content (AvgIpc) is 3.01. The van der Waals surface area contributed by atoms with E-state index in [-0.39, 0.29) is 5.41 Å². The molecule has 0 bridgehead atoms. The summed E-state index contributed by atoms with van der Waals surface area (Å²) in [4.78, 5) is 27.7. The standard InChI is InChI=1S/C17H18N6OS/c24-11-22-4-5-23(16-12-1-3-18-15(12)19-10-20-16)9-17(8-22)7-13(17)14-2-6-25-21-14/h1-3,6,10-11,13H,4-5,7-9H2,(H,18,19,20). The lowest BCUT2D eigenvalue weighted by atomic mass is 10.0. The third kappa shape index (κ3) is 2.39. The van der Waals surface area contributed by atoms with Gasteiger partial charge in [0.1, 0.15) is 17.8 Å². The quantitative estimate of drug-likeness (QED) is 0.727. The highest BCUT2D eigenvalue weighted by Gasteiger charge is 2.58. The zero-order valence-electron chi connectivity index (χ0n) is 13.6. The highest BCUT2D eigenvalue weighted by molar-refractivity contribution is 7.03. The number of fused-ring (bicyclic) bond motifs is 1. The van der Waals surface area contributed by atoms with Gasteiger partial charge in [-0.15, -0.1) is 0 Å². The number of aromatic amines is 1. The fraction of sp³-hybridized carbons (Fsp3) is 0.412. The first-order valence-corrected chi connectivity index (χ1v) is 9.25. The summed E-state index contributed by atoms with van der Waals surface area (Å²) in [6, 6.07) is 4.13. The molecule has 25 heavy (non-hydrogen) atoms.